The van der Waals surface area contributed by atoms with Gasteiger partial charge < -0.3 is 10.1 Å². The molecule has 8 heteroatoms. The second-order valence-corrected chi connectivity index (χ2v) is 8.57. The second kappa shape index (κ2) is 8.63. The van der Waals surface area contributed by atoms with Gasteiger partial charge in [0.2, 0.25) is 15.9 Å². The molecule has 1 amide bonds. The number of ether oxygens (including phenoxy) is 1. The molecule has 0 fully saturated rings. The summed E-state index contributed by atoms with van der Waals surface area (Å²) in [5, 5.41) is 3.32. The first-order valence-corrected chi connectivity index (χ1v) is 10.5. The van der Waals surface area contributed by atoms with Crippen molar-refractivity contribution in [2.75, 3.05) is 24.2 Å². The molecule has 0 saturated carbocycles. The first-order valence-electron chi connectivity index (χ1n) is 8.29. The monoisotopic (exact) mass is 410 g/mol. The van der Waals surface area contributed by atoms with Crippen LogP contribution in [-0.4, -0.2) is 34.2 Å². The molecule has 2 aromatic rings. The van der Waals surface area contributed by atoms with Crippen LogP contribution in [0.1, 0.15) is 24.1 Å². The molecule has 0 unspecified atom stereocenters. The van der Waals surface area contributed by atoms with Crippen molar-refractivity contribution in [3.05, 3.63) is 58.6 Å². The van der Waals surface area contributed by atoms with Gasteiger partial charge in [0.25, 0.3) is 0 Å². The van der Waals surface area contributed by atoms with E-state index in [1.807, 2.05) is 25.1 Å². The summed E-state index contributed by atoms with van der Waals surface area (Å²) >= 11 is 5.95. The van der Waals surface area contributed by atoms with Crippen LogP contribution in [0.25, 0.3) is 0 Å². The molecule has 0 spiro atoms. The van der Waals surface area contributed by atoms with Crippen LogP contribution >= 0.6 is 11.6 Å². The summed E-state index contributed by atoms with van der Waals surface area (Å²) in [6.45, 7) is 3.23. The molecule has 27 heavy (non-hydrogen) atoms. The van der Waals surface area contributed by atoms with Gasteiger partial charge in [0.1, 0.15) is 12.3 Å². The minimum atomic E-state index is -3.66. The smallest absolute Gasteiger partial charge is 0.241 e. The molecule has 0 aliphatic heterocycles. The lowest BCUT2D eigenvalue weighted by atomic mass is 10.1. The number of nitrogens with one attached hydrogen (secondary N) is 1. The molecule has 2 aromatic carbocycles. The van der Waals surface area contributed by atoms with Gasteiger partial charge in [0.15, 0.2) is 0 Å². The number of carbonyl (C=O) groups is 1. The molecule has 6 nitrogen and oxygen atoms in total. The van der Waals surface area contributed by atoms with Crippen molar-refractivity contribution in [3.8, 4) is 5.75 Å². The number of nitrogens with zero attached hydrogens (tertiary/aromatic N) is 1. The lowest BCUT2D eigenvalue weighted by molar-refractivity contribution is -0.120. The fraction of sp³-hybridized carbons (Fsp3) is 0.316. The summed E-state index contributed by atoms with van der Waals surface area (Å²) in [4.78, 5) is 12.6. The second-order valence-electron chi connectivity index (χ2n) is 6.23. The summed E-state index contributed by atoms with van der Waals surface area (Å²) in [5.41, 5.74) is 1.89. The van der Waals surface area contributed by atoms with E-state index in [1.54, 1.807) is 38.3 Å². The molecule has 0 saturated heterocycles. The number of sulfonamides is 1. The van der Waals surface area contributed by atoms with Gasteiger partial charge >= 0.3 is 0 Å². The Bertz CT molecular complexity index is 931. The molecule has 0 aliphatic rings. The Balaban J connectivity index is 2.22. The van der Waals surface area contributed by atoms with Crippen molar-refractivity contribution in [2.24, 2.45) is 0 Å². The van der Waals surface area contributed by atoms with Crippen molar-refractivity contribution in [1.82, 2.24) is 5.32 Å². The molecule has 0 radical (unpaired) electrons. The minimum Gasteiger partial charge on any atom is -0.496 e. The van der Waals surface area contributed by atoms with E-state index in [1.165, 1.54) is 0 Å². The summed E-state index contributed by atoms with van der Waals surface area (Å²) in [6, 6.07) is 11.8. The maximum atomic E-state index is 12.6. The highest BCUT2D eigenvalue weighted by molar-refractivity contribution is 7.92. The first-order chi connectivity index (χ1) is 12.6. The molecule has 1 N–H and O–H groups in total. The van der Waals surface area contributed by atoms with Gasteiger partial charge in [-0.15, -0.1) is 0 Å². The number of hydrogen-bond donors (Lipinski definition) is 1. The van der Waals surface area contributed by atoms with Crippen LogP contribution in [0.2, 0.25) is 5.02 Å². The Morgan fingerprint density at radius 3 is 2.52 bits per heavy atom. The van der Waals surface area contributed by atoms with E-state index in [-0.39, 0.29) is 12.6 Å². The molecule has 2 rings (SSSR count). The number of aryl methyl sites for hydroxylation is 1. The van der Waals surface area contributed by atoms with Crippen molar-refractivity contribution in [1.29, 1.82) is 0 Å². The fourth-order valence-electron chi connectivity index (χ4n) is 2.80. The fourth-order valence-corrected chi connectivity index (χ4v) is 3.94. The van der Waals surface area contributed by atoms with Crippen molar-refractivity contribution in [2.45, 2.75) is 19.9 Å². The quantitative estimate of drug-likeness (QED) is 0.759. The van der Waals surface area contributed by atoms with E-state index in [4.69, 9.17) is 16.3 Å². The Hall–Kier alpha value is -2.25. The van der Waals surface area contributed by atoms with Crippen LogP contribution in [0.3, 0.4) is 0 Å². The zero-order valence-electron chi connectivity index (χ0n) is 15.7. The van der Waals surface area contributed by atoms with Gasteiger partial charge in [0, 0.05) is 10.6 Å². The number of amides is 1. The van der Waals surface area contributed by atoms with Crippen LogP contribution in [0.5, 0.6) is 5.75 Å². The maximum Gasteiger partial charge on any atom is 0.241 e. The van der Waals surface area contributed by atoms with Gasteiger partial charge in [-0.25, -0.2) is 8.42 Å². The van der Waals surface area contributed by atoms with Gasteiger partial charge in [-0.05, 0) is 43.7 Å². The van der Waals surface area contributed by atoms with E-state index in [0.717, 1.165) is 16.1 Å². The average molecular weight is 411 g/mol. The summed E-state index contributed by atoms with van der Waals surface area (Å²) in [7, 11) is -2.10. The Labute approximate surface area is 165 Å². The van der Waals surface area contributed by atoms with Crippen molar-refractivity contribution >= 4 is 33.2 Å². The van der Waals surface area contributed by atoms with Gasteiger partial charge in [0.05, 0.1) is 25.1 Å². The number of methoxy groups -OCH3 is 1. The number of anilines is 1. The summed E-state index contributed by atoms with van der Waals surface area (Å²) in [6.07, 6.45) is 1.07. The van der Waals surface area contributed by atoms with Gasteiger partial charge in [-0.2, -0.15) is 0 Å². The van der Waals surface area contributed by atoms with Gasteiger partial charge in [-0.3, -0.25) is 9.10 Å². The van der Waals surface area contributed by atoms with E-state index < -0.39 is 15.9 Å². The number of rotatable bonds is 7. The molecule has 0 heterocycles. The molecule has 146 valence electrons. The number of benzene rings is 2. The number of hydrogen-bond acceptors (Lipinski definition) is 4. The van der Waals surface area contributed by atoms with Crippen LogP contribution in [0.15, 0.2) is 42.5 Å². The first kappa shape index (κ1) is 21.1. The predicted molar refractivity (Wildman–Crippen MR) is 108 cm³/mol. The lowest BCUT2D eigenvalue weighted by Crippen LogP contribution is -2.41. The third-order valence-corrected chi connectivity index (χ3v) is 5.46. The third-order valence-electron chi connectivity index (χ3n) is 4.10. The maximum absolute atomic E-state index is 12.6. The van der Waals surface area contributed by atoms with Gasteiger partial charge in [-0.1, -0.05) is 29.8 Å². The molecular weight excluding hydrogens is 388 g/mol. The lowest BCUT2D eigenvalue weighted by Gasteiger charge is -2.25. The number of para-hydroxylation sites is 1. The van der Waals surface area contributed by atoms with Crippen LogP contribution in [-0.2, 0) is 14.8 Å². The van der Waals surface area contributed by atoms with Crippen molar-refractivity contribution in [3.63, 3.8) is 0 Å². The Morgan fingerprint density at radius 2 is 1.93 bits per heavy atom. The highest BCUT2D eigenvalue weighted by Crippen LogP contribution is 2.26. The highest BCUT2D eigenvalue weighted by atomic mass is 35.5. The summed E-state index contributed by atoms with van der Waals surface area (Å²) in [5.74, 6) is 0.229. The predicted octanol–water partition coefficient (Wildman–Crippen LogP) is 3.30. The zero-order valence-corrected chi connectivity index (χ0v) is 17.3. The Morgan fingerprint density at radius 1 is 1.26 bits per heavy atom. The topological polar surface area (TPSA) is 75.7 Å². The highest BCUT2D eigenvalue weighted by Gasteiger charge is 2.23. The third kappa shape index (κ3) is 5.37. The van der Waals surface area contributed by atoms with E-state index in [9.17, 15) is 13.2 Å². The molecule has 1 atom stereocenters. The largest absolute Gasteiger partial charge is 0.496 e. The SMILES string of the molecule is COc1ccccc1[C@@H](C)NC(=O)CN(c1ccc(Cl)cc1C)S(C)(=O)=O. The summed E-state index contributed by atoms with van der Waals surface area (Å²) < 4.78 is 30.9. The van der Waals surface area contributed by atoms with Crippen molar-refractivity contribution < 1.29 is 17.9 Å². The number of carbonyl (C=O) groups excluding carboxylic acids is 1. The molecule has 0 aliphatic carbocycles. The van der Waals surface area contributed by atoms with Crippen LogP contribution < -0.4 is 14.4 Å². The van der Waals surface area contributed by atoms with E-state index in [0.29, 0.717) is 22.0 Å². The normalized spacial score (nSPS) is 12.3. The molecule has 0 aromatic heterocycles. The average Bonchev–Trinajstić information content (AvgIpc) is 2.59. The van der Waals surface area contributed by atoms with Crippen LogP contribution in [0, 0.1) is 6.92 Å². The molecular formula is C19H23ClN2O4S. The zero-order chi connectivity index (χ0) is 20.2. The minimum absolute atomic E-state index is 0.333. The van der Waals surface area contributed by atoms with E-state index in [2.05, 4.69) is 5.32 Å². The molecule has 0 bridgehead atoms. The van der Waals surface area contributed by atoms with Crippen LogP contribution in [0.4, 0.5) is 5.69 Å². The standard InChI is InChI=1S/C19H23ClN2O4S/c1-13-11-15(20)9-10-17(13)22(27(4,24)25)12-19(23)21-14(2)16-7-5-6-8-18(16)26-3/h5-11,14H,12H2,1-4H3,(H,21,23)/t14-/m1/s1. The Kier molecular flexibility index (Phi) is 6.73. The van der Waals surface area contributed by atoms with E-state index >= 15 is 0 Å². The number of halogens is 1.